The highest BCUT2D eigenvalue weighted by Crippen LogP contribution is 2.43. The smallest absolute Gasteiger partial charge is 0.273 e. The van der Waals surface area contributed by atoms with Gasteiger partial charge in [-0.2, -0.15) is 0 Å². The van der Waals surface area contributed by atoms with Gasteiger partial charge in [0.15, 0.2) is 11.5 Å². The second-order valence-corrected chi connectivity index (χ2v) is 5.77. The van der Waals surface area contributed by atoms with Crippen LogP contribution in [0.25, 0.3) is 11.3 Å². The van der Waals surface area contributed by atoms with Gasteiger partial charge in [-0.3, -0.25) is 4.79 Å². The van der Waals surface area contributed by atoms with Gasteiger partial charge in [0.2, 0.25) is 0 Å². The van der Waals surface area contributed by atoms with Crippen molar-refractivity contribution in [3.63, 3.8) is 0 Å². The molecule has 3 rings (SSSR count). The van der Waals surface area contributed by atoms with E-state index in [-0.39, 0.29) is 34.3 Å². The van der Waals surface area contributed by atoms with E-state index in [9.17, 15) is 15.0 Å². The van der Waals surface area contributed by atoms with Crippen LogP contribution in [0.4, 0.5) is 0 Å². The monoisotopic (exact) mass is 374 g/mol. The van der Waals surface area contributed by atoms with E-state index in [1.165, 1.54) is 12.1 Å². The highest BCUT2D eigenvalue weighted by atomic mass is 35.5. The molecule has 0 saturated heterocycles. The molecule has 0 aliphatic heterocycles. The fourth-order valence-electron chi connectivity index (χ4n) is 2.30. The number of phenols is 2. The molecule has 134 valence electrons. The van der Waals surface area contributed by atoms with Crippen molar-refractivity contribution in [3.8, 4) is 34.3 Å². The number of carbonyl (C=O) groups is 1. The van der Waals surface area contributed by atoms with E-state index >= 15 is 0 Å². The number of benzene rings is 2. The van der Waals surface area contributed by atoms with Gasteiger partial charge in [0.05, 0.1) is 0 Å². The summed E-state index contributed by atoms with van der Waals surface area (Å²) in [7, 11) is 0. The Morgan fingerprint density at radius 3 is 2.65 bits per heavy atom. The second kappa shape index (κ2) is 7.37. The first-order valence-electron chi connectivity index (χ1n) is 7.72. The van der Waals surface area contributed by atoms with E-state index in [0.29, 0.717) is 17.3 Å². The molecule has 0 saturated carbocycles. The third-order valence-corrected chi connectivity index (χ3v) is 3.69. The number of hydrogen-bond donors (Lipinski definition) is 3. The first-order chi connectivity index (χ1) is 12.5. The zero-order chi connectivity index (χ0) is 18.7. The topological polar surface area (TPSA) is 105 Å². The maximum atomic E-state index is 11.9. The van der Waals surface area contributed by atoms with E-state index in [2.05, 4.69) is 10.5 Å². The van der Waals surface area contributed by atoms with Gasteiger partial charge in [-0.15, -0.1) is 0 Å². The summed E-state index contributed by atoms with van der Waals surface area (Å²) in [4.78, 5) is 11.9. The van der Waals surface area contributed by atoms with E-state index in [0.717, 1.165) is 6.07 Å². The minimum Gasteiger partial charge on any atom is -0.508 e. The maximum absolute atomic E-state index is 11.9. The summed E-state index contributed by atoms with van der Waals surface area (Å²) in [5, 5.41) is 26.9. The molecule has 0 unspecified atom stereocenters. The fourth-order valence-corrected chi connectivity index (χ4v) is 2.42. The van der Waals surface area contributed by atoms with Gasteiger partial charge in [-0.05, 0) is 31.2 Å². The molecule has 0 aliphatic rings. The molecule has 26 heavy (non-hydrogen) atoms. The second-order valence-electron chi connectivity index (χ2n) is 5.33. The lowest BCUT2D eigenvalue weighted by Crippen LogP contribution is -2.22. The molecule has 1 aromatic heterocycles. The fraction of sp³-hybridized carbons (Fsp3) is 0.111. The van der Waals surface area contributed by atoms with Crippen LogP contribution in [0.3, 0.4) is 0 Å². The molecular formula is C18H15ClN2O5. The molecular weight excluding hydrogens is 360 g/mol. The van der Waals surface area contributed by atoms with E-state index < -0.39 is 5.91 Å². The van der Waals surface area contributed by atoms with Gasteiger partial charge in [0.1, 0.15) is 28.6 Å². The number of halogens is 1. The van der Waals surface area contributed by atoms with Crippen molar-refractivity contribution in [2.75, 3.05) is 6.54 Å². The van der Waals surface area contributed by atoms with Gasteiger partial charge in [0, 0.05) is 29.8 Å². The Morgan fingerprint density at radius 2 is 1.96 bits per heavy atom. The molecule has 8 heteroatoms. The summed E-state index contributed by atoms with van der Waals surface area (Å²) in [6, 6.07) is 10.4. The maximum Gasteiger partial charge on any atom is 0.273 e. The van der Waals surface area contributed by atoms with Crippen LogP contribution in [-0.2, 0) is 0 Å². The molecule has 1 amide bonds. The standard InChI is InChI=1S/C18H15ClN2O5/c1-2-20-18(24)13-9-16(26-21-13)17-14(23)7-11(22)8-15(17)25-12-5-3-10(19)4-6-12/h3-9,22-23H,2H2,1H3,(H,20,24). The van der Waals surface area contributed by atoms with E-state index in [1.54, 1.807) is 31.2 Å². The van der Waals surface area contributed by atoms with Gasteiger partial charge in [-0.25, -0.2) is 0 Å². The molecule has 0 spiro atoms. The molecule has 1 heterocycles. The lowest BCUT2D eigenvalue weighted by molar-refractivity contribution is 0.0947. The minimum absolute atomic E-state index is 0.0618. The highest BCUT2D eigenvalue weighted by molar-refractivity contribution is 6.30. The summed E-state index contributed by atoms with van der Waals surface area (Å²) in [6.07, 6.45) is 0. The zero-order valence-electron chi connectivity index (χ0n) is 13.7. The summed E-state index contributed by atoms with van der Waals surface area (Å²) in [6.45, 7) is 2.22. The first kappa shape index (κ1) is 17.6. The molecule has 2 aromatic carbocycles. The minimum atomic E-state index is -0.402. The van der Waals surface area contributed by atoms with Crippen molar-refractivity contribution in [2.24, 2.45) is 0 Å². The van der Waals surface area contributed by atoms with Crippen LogP contribution < -0.4 is 10.1 Å². The van der Waals surface area contributed by atoms with E-state index in [1.807, 2.05) is 0 Å². The summed E-state index contributed by atoms with van der Waals surface area (Å²) in [5.74, 6) is -0.201. The number of rotatable bonds is 5. The summed E-state index contributed by atoms with van der Waals surface area (Å²) < 4.78 is 10.9. The Balaban J connectivity index is 2.01. The molecule has 3 N–H and O–H groups in total. The van der Waals surface area contributed by atoms with Crippen molar-refractivity contribution in [3.05, 3.63) is 53.2 Å². The molecule has 3 aromatic rings. The first-order valence-corrected chi connectivity index (χ1v) is 8.10. The summed E-state index contributed by atoms with van der Waals surface area (Å²) in [5.41, 5.74) is 0.215. The molecule has 0 bridgehead atoms. The van der Waals surface area contributed by atoms with Crippen LogP contribution in [0.1, 0.15) is 17.4 Å². The number of nitrogens with one attached hydrogen (secondary N) is 1. The normalized spacial score (nSPS) is 10.5. The Kier molecular flexibility index (Phi) is 4.99. The Morgan fingerprint density at radius 1 is 1.23 bits per heavy atom. The largest absolute Gasteiger partial charge is 0.508 e. The van der Waals surface area contributed by atoms with Gasteiger partial charge < -0.3 is 24.8 Å². The average molecular weight is 375 g/mol. The number of carbonyl (C=O) groups excluding carboxylic acids is 1. The van der Waals surface area contributed by atoms with Crippen LogP contribution >= 0.6 is 11.6 Å². The number of aromatic hydroxyl groups is 2. The van der Waals surface area contributed by atoms with E-state index in [4.69, 9.17) is 20.9 Å². The third kappa shape index (κ3) is 3.73. The van der Waals surface area contributed by atoms with Crippen molar-refractivity contribution in [1.29, 1.82) is 0 Å². The van der Waals surface area contributed by atoms with Crippen LogP contribution in [0, 0.1) is 0 Å². The number of aromatic nitrogens is 1. The number of amides is 1. The number of phenolic OH excluding ortho intramolecular Hbond substituents is 2. The zero-order valence-corrected chi connectivity index (χ0v) is 14.4. The number of nitrogens with zero attached hydrogens (tertiary/aromatic N) is 1. The van der Waals surface area contributed by atoms with Crippen LogP contribution in [0.2, 0.25) is 5.02 Å². The lowest BCUT2D eigenvalue weighted by atomic mass is 10.1. The van der Waals surface area contributed by atoms with Crippen molar-refractivity contribution in [1.82, 2.24) is 10.5 Å². The Labute approximate surface area is 153 Å². The number of ether oxygens (including phenoxy) is 1. The highest BCUT2D eigenvalue weighted by Gasteiger charge is 2.21. The van der Waals surface area contributed by atoms with Gasteiger partial charge in [-0.1, -0.05) is 16.8 Å². The van der Waals surface area contributed by atoms with Gasteiger partial charge >= 0.3 is 0 Å². The number of hydrogen-bond acceptors (Lipinski definition) is 6. The Bertz CT molecular complexity index is 937. The predicted molar refractivity (Wildman–Crippen MR) is 94.8 cm³/mol. The SMILES string of the molecule is CCNC(=O)c1cc(-c2c(O)cc(O)cc2Oc2ccc(Cl)cc2)on1. The van der Waals surface area contributed by atoms with Crippen molar-refractivity contribution < 1.29 is 24.3 Å². The van der Waals surface area contributed by atoms with Crippen molar-refractivity contribution in [2.45, 2.75) is 6.92 Å². The quantitative estimate of drug-likeness (QED) is 0.624. The molecule has 0 aliphatic carbocycles. The third-order valence-electron chi connectivity index (χ3n) is 3.43. The van der Waals surface area contributed by atoms with Gasteiger partial charge in [0.25, 0.3) is 5.91 Å². The Hall–Kier alpha value is -3.19. The van der Waals surface area contributed by atoms with Crippen LogP contribution in [0.5, 0.6) is 23.0 Å². The van der Waals surface area contributed by atoms with Crippen LogP contribution in [0.15, 0.2) is 47.0 Å². The summed E-state index contributed by atoms with van der Waals surface area (Å²) >= 11 is 5.85. The average Bonchev–Trinajstić information content (AvgIpc) is 3.06. The predicted octanol–water partition coefficient (Wildman–Crippen LogP) is 3.95. The van der Waals surface area contributed by atoms with Crippen molar-refractivity contribution >= 4 is 17.5 Å². The molecule has 0 fully saturated rings. The van der Waals surface area contributed by atoms with Crippen LogP contribution in [-0.4, -0.2) is 27.8 Å². The lowest BCUT2D eigenvalue weighted by Gasteiger charge is -2.11. The molecule has 0 atom stereocenters. The molecule has 7 nitrogen and oxygen atoms in total. The molecule has 0 radical (unpaired) electrons.